The van der Waals surface area contributed by atoms with Crippen LogP contribution in [0, 0.1) is 31.1 Å². The zero-order valence-corrected chi connectivity index (χ0v) is 19.3. The Morgan fingerprint density at radius 2 is 2.06 bits per heavy atom. The van der Waals surface area contributed by atoms with E-state index in [4.69, 9.17) is 4.74 Å². The molecule has 0 radical (unpaired) electrons. The topological polar surface area (TPSA) is 84.1 Å². The van der Waals surface area contributed by atoms with Crippen molar-refractivity contribution in [3.63, 3.8) is 0 Å². The molecular formula is C26H31N3O3. The number of ether oxygens (including phenoxy) is 1. The summed E-state index contributed by atoms with van der Waals surface area (Å²) in [7, 11) is 0. The lowest BCUT2D eigenvalue weighted by Crippen LogP contribution is -2.34. The van der Waals surface area contributed by atoms with Gasteiger partial charge in [-0.25, -0.2) is 4.79 Å². The van der Waals surface area contributed by atoms with E-state index in [0.717, 1.165) is 48.3 Å². The average molecular weight is 434 g/mol. The molecule has 0 bridgehead atoms. The van der Waals surface area contributed by atoms with Gasteiger partial charge in [0, 0.05) is 17.9 Å². The van der Waals surface area contributed by atoms with Gasteiger partial charge in [-0.15, -0.1) is 0 Å². The number of aryl methyl sites for hydroxylation is 2. The second-order valence-electron chi connectivity index (χ2n) is 8.79. The van der Waals surface area contributed by atoms with Gasteiger partial charge in [0.05, 0.1) is 6.04 Å². The molecule has 6 nitrogen and oxygen atoms in total. The minimum absolute atomic E-state index is 0.0801. The van der Waals surface area contributed by atoms with E-state index < -0.39 is 12.6 Å². The molecule has 1 amide bonds. The van der Waals surface area contributed by atoms with E-state index >= 15 is 0 Å². The van der Waals surface area contributed by atoms with Crippen LogP contribution in [0.1, 0.15) is 60.8 Å². The lowest BCUT2D eigenvalue weighted by Gasteiger charge is -2.26. The monoisotopic (exact) mass is 433 g/mol. The fourth-order valence-electron chi connectivity index (χ4n) is 4.26. The number of fused-ring (bicyclic) bond motifs is 1. The molecule has 1 atom stereocenters. The average Bonchev–Trinajstić information content (AvgIpc) is 3.03. The number of aromatic nitrogens is 1. The molecule has 0 fully saturated rings. The summed E-state index contributed by atoms with van der Waals surface area (Å²) < 4.78 is 7.32. The van der Waals surface area contributed by atoms with Crippen LogP contribution < -0.4 is 5.32 Å². The van der Waals surface area contributed by atoms with Crippen LogP contribution in [0.2, 0.25) is 0 Å². The molecule has 0 saturated heterocycles. The van der Waals surface area contributed by atoms with Crippen molar-refractivity contribution in [1.29, 1.82) is 5.26 Å². The van der Waals surface area contributed by atoms with Crippen molar-refractivity contribution in [3.05, 3.63) is 64.0 Å². The molecule has 3 rings (SSSR count). The number of hydrogen-bond donors (Lipinski definition) is 1. The highest BCUT2D eigenvalue weighted by molar-refractivity contribution is 5.99. The smallest absolute Gasteiger partial charge is 0.349 e. The number of amides is 1. The van der Waals surface area contributed by atoms with Crippen molar-refractivity contribution in [1.82, 2.24) is 9.88 Å². The molecule has 168 valence electrons. The maximum atomic E-state index is 12.5. The highest BCUT2D eigenvalue weighted by Crippen LogP contribution is 2.29. The Balaban J connectivity index is 1.63. The number of rotatable bonds is 7. The summed E-state index contributed by atoms with van der Waals surface area (Å²) in [5.74, 6) is -0.681. The van der Waals surface area contributed by atoms with Crippen LogP contribution in [0.3, 0.4) is 0 Å². The fraction of sp³-hybridized carbons (Fsp3) is 0.423. The predicted octanol–water partition coefficient (Wildman–Crippen LogP) is 4.40. The molecule has 2 aromatic rings. The number of carbonyl (C=O) groups excluding carboxylic acids is 2. The number of benzene rings is 1. The van der Waals surface area contributed by atoms with Gasteiger partial charge in [-0.3, -0.25) is 4.79 Å². The Morgan fingerprint density at radius 1 is 1.31 bits per heavy atom. The van der Waals surface area contributed by atoms with Crippen molar-refractivity contribution in [3.8, 4) is 6.07 Å². The van der Waals surface area contributed by atoms with Crippen LogP contribution in [-0.2, 0) is 27.3 Å². The van der Waals surface area contributed by atoms with E-state index in [1.54, 1.807) is 0 Å². The van der Waals surface area contributed by atoms with E-state index in [1.165, 1.54) is 11.6 Å². The Bertz CT molecular complexity index is 1070. The van der Waals surface area contributed by atoms with Crippen LogP contribution in [0.25, 0.3) is 6.08 Å². The largest absolute Gasteiger partial charge is 0.451 e. The van der Waals surface area contributed by atoms with E-state index in [2.05, 4.69) is 29.8 Å². The highest BCUT2D eigenvalue weighted by atomic mass is 16.5. The number of hydrogen-bond acceptors (Lipinski definition) is 4. The fourth-order valence-corrected chi connectivity index (χ4v) is 4.26. The van der Waals surface area contributed by atoms with Crippen molar-refractivity contribution in [2.75, 3.05) is 6.61 Å². The highest BCUT2D eigenvalue weighted by Gasteiger charge is 2.22. The van der Waals surface area contributed by atoms with Gasteiger partial charge in [-0.2, -0.15) is 5.26 Å². The van der Waals surface area contributed by atoms with Gasteiger partial charge in [-0.1, -0.05) is 38.1 Å². The van der Waals surface area contributed by atoms with Crippen LogP contribution in [-0.4, -0.2) is 23.1 Å². The third kappa shape index (κ3) is 5.47. The molecule has 1 aromatic heterocycles. The van der Waals surface area contributed by atoms with Gasteiger partial charge < -0.3 is 14.6 Å². The number of esters is 1. The number of nitriles is 1. The maximum absolute atomic E-state index is 12.5. The Morgan fingerprint density at radius 3 is 2.78 bits per heavy atom. The third-order valence-corrected chi connectivity index (χ3v) is 5.84. The molecule has 1 aromatic carbocycles. The summed E-state index contributed by atoms with van der Waals surface area (Å²) in [5.41, 5.74) is 5.11. The van der Waals surface area contributed by atoms with E-state index in [1.807, 2.05) is 44.2 Å². The summed E-state index contributed by atoms with van der Waals surface area (Å²) in [6, 6.07) is 11.9. The van der Waals surface area contributed by atoms with Gasteiger partial charge >= 0.3 is 5.97 Å². The second-order valence-corrected chi connectivity index (χ2v) is 8.79. The predicted molar refractivity (Wildman–Crippen MR) is 124 cm³/mol. The van der Waals surface area contributed by atoms with Crippen LogP contribution >= 0.6 is 0 Å². The maximum Gasteiger partial charge on any atom is 0.349 e. The Hall–Kier alpha value is -3.33. The number of carbonyl (C=O) groups is 2. The van der Waals surface area contributed by atoms with Gasteiger partial charge in [0.25, 0.3) is 5.91 Å². The zero-order valence-electron chi connectivity index (χ0n) is 19.3. The van der Waals surface area contributed by atoms with Crippen molar-refractivity contribution in [2.24, 2.45) is 5.92 Å². The van der Waals surface area contributed by atoms with Crippen LogP contribution in [0.4, 0.5) is 0 Å². The summed E-state index contributed by atoms with van der Waals surface area (Å²) in [6.45, 7) is 8.71. The van der Waals surface area contributed by atoms with Crippen LogP contribution in [0.15, 0.2) is 35.9 Å². The quantitative estimate of drug-likeness (QED) is 0.398. The lowest BCUT2D eigenvalue weighted by atomic mass is 9.88. The van der Waals surface area contributed by atoms with E-state index in [9.17, 15) is 14.9 Å². The first kappa shape index (κ1) is 23.3. The van der Waals surface area contributed by atoms with Crippen molar-refractivity contribution < 1.29 is 14.3 Å². The number of nitrogens with zero attached hydrogens (tertiary/aromatic N) is 2. The molecule has 1 N–H and O–H groups in total. The molecule has 1 aliphatic rings. The van der Waals surface area contributed by atoms with Crippen LogP contribution in [0.5, 0.6) is 0 Å². The Labute approximate surface area is 189 Å². The van der Waals surface area contributed by atoms with Gasteiger partial charge in [0.15, 0.2) is 6.61 Å². The summed E-state index contributed by atoms with van der Waals surface area (Å²) in [4.78, 5) is 24.9. The molecule has 1 aliphatic carbocycles. The second kappa shape index (κ2) is 10.3. The molecule has 32 heavy (non-hydrogen) atoms. The summed E-state index contributed by atoms with van der Waals surface area (Å²) >= 11 is 0. The Kier molecular flexibility index (Phi) is 7.53. The number of nitrogens with one attached hydrogen (secondary N) is 1. The first-order valence-corrected chi connectivity index (χ1v) is 11.1. The summed E-state index contributed by atoms with van der Waals surface area (Å²) in [6.07, 6.45) is 4.40. The van der Waals surface area contributed by atoms with Crippen molar-refractivity contribution in [2.45, 2.75) is 59.5 Å². The van der Waals surface area contributed by atoms with Crippen molar-refractivity contribution >= 4 is 18.0 Å². The molecule has 1 unspecified atom stereocenters. The third-order valence-electron chi connectivity index (χ3n) is 5.84. The minimum Gasteiger partial charge on any atom is -0.451 e. The first-order valence-electron chi connectivity index (χ1n) is 11.1. The molecule has 0 aliphatic heterocycles. The first-order chi connectivity index (χ1) is 15.3. The molecule has 0 spiro atoms. The SMILES string of the molecule is Cc1cc(C=C(C#N)C(=O)OCC(=O)NC2CCCc3ccccc32)c(C)n1CC(C)C. The molecule has 6 heteroatoms. The minimum atomic E-state index is -0.791. The van der Waals surface area contributed by atoms with Gasteiger partial charge in [0.2, 0.25) is 0 Å². The van der Waals surface area contributed by atoms with E-state index in [-0.39, 0.29) is 17.5 Å². The van der Waals surface area contributed by atoms with Gasteiger partial charge in [0.1, 0.15) is 11.6 Å². The van der Waals surface area contributed by atoms with E-state index in [0.29, 0.717) is 5.92 Å². The normalized spacial score (nSPS) is 15.8. The summed E-state index contributed by atoms with van der Waals surface area (Å²) in [5, 5.41) is 12.4. The molecule has 1 heterocycles. The molecule has 0 saturated carbocycles. The lowest BCUT2D eigenvalue weighted by molar-refractivity contribution is -0.144. The zero-order chi connectivity index (χ0) is 23.3. The molecular weight excluding hydrogens is 402 g/mol. The van der Waals surface area contributed by atoms with Gasteiger partial charge in [-0.05, 0) is 67.9 Å². The standard InChI is InChI=1S/C26H31N3O3/c1-17(2)15-29-18(3)12-21(19(29)4)13-22(14-27)26(31)32-16-25(30)28-24-11-7-9-20-8-5-6-10-23(20)24/h5-6,8,10,12-13,17,24H,7,9,11,15-16H2,1-4H3,(H,28,30).